The molecule has 176 valence electrons. The Bertz CT molecular complexity index is 1080. The number of rotatable bonds is 7. The molecule has 34 heavy (non-hydrogen) atoms. The average Bonchev–Trinajstić information content (AvgIpc) is 2.87. The fourth-order valence-electron chi connectivity index (χ4n) is 3.83. The molecule has 3 amide bonds. The molecular formula is C26H28ClN5O2. The van der Waals surface area contributed by atoms with E-state index >= 15 is 0 Å². The first-order valence-electron chi connectivity index (χ1n) is 11.3. The third-order valence-electron chi connectivity index (χ3n) is 5.62. The van der Waals surface area contributed by atoms with Crippen molar-refractivity contribution in [2.45, 2.75) is 12.5 Å². The number of nitrogens with one attached hydrogen (secondary N) is 4. The number of carbonyl (C=O) groups is 2. The Morgan fingerprint density at radius 3 is 2.15 bits per heavy atom. The molecule has 1 heterocycles. The number of hydrogen-bond donors (Lipinski definition) is 4. The lowest BCUT2D eigenvalue weighted by molar-refractivity contribution is -0.117. The van der Waals surface area contributed by atoms with Gasteiger partial charge in [-0.2, -0.15) is 0 Å². The smallest absolute Gasteiger partial charge is 0.319 e. The fraction of sp³-hybridized carbons (Fsp3) is 0.231. The third-order valence-corrected chi connectivity index (χ3v) is 5.88. The van der Waals surface area contributed by atoms with Crippen molar-refractivity contribution in [3.8, 4) is 0 Å². The molecule has 8 heteroatoms. The molecule has 1 fully saturated rings. The Hall–Kier alpha value is -3.55. The normalized spacial score (nSPS) is 14.2. The molecule has 1 atom stereocenters. The van der Waals surface area contributed by atoms with Crippen LogP contribution in [0, 0.1) is 0 Å². The minimum atomic E-state index is -0.762. The van der Waals surface area contributed by atoms with Crippen LogP contribution < -0.4 is 26.2 Å². The minimum absolute atomic E-state index is 0.287. The second-order valence-corrected chi connectivity index (χ2v) is 8.56. The first-order valence-corrected chi connectivity index (χ1v) is 11.7. The quantitative estimate of drug-likeness (QED) is 0.412. The van der Waals surface area contributed by atoms with Crippen molar-refractivity contribution >= 4 is 40.6 Å². The lowest BCUT2D eigenvalue weighted by atomic mass is 10.1. The van der Waals surface area contributed by atoms with Gasteiger partial charge in [0.2, 0.25) is 5.91 Å². The van der Waals surface area contributed by atoms with Gasteiger partial charge in [0, 0.05) is 54.7 Å². The molecule has 0 spiro atoms. The number of anilines is 3. The van der Waals surface area contributed by atoms with E-state index in [0.29, 0.717) is 22.8 Å². The van der Waals surface area contributed by atoms with Crippen molar-refractivity contribution in [1.29, 1.82) is 0 Å². The highest BCUT2D eigenvalue weighted by Crippen LogP contribution is 2.19. The van der Waals surface area contributed by atoms with Gasteiger partial charge in [-0.05, 0) is 54.1 Å². The maximum atomic E-state index is 13.1. The van der Waals surface area contributed by atoms with Gasteiger partial charge in [0.25, 0.3) is 0 Å². The summed E-state index contributed by atoms with van der Waals surface area (Å²) in [5.41, 5.74) is 3.34. The average molecular weight is 478 g/mol. The summed E-state index contributed by atoms with van der Waals surface area (Å²) in [6, 6.07) is 23.0. The van der Waals surface area contributed by atoms with E-state index in [2.05, 4.69) is 26.2 Å². The molecule has 0 aliphatic carbocycles. The van der Waals surface area contributed by atoms with Crippen molar-refractivity contribution in [3.05, 3.63) is 89.4 Å². The number of hydrogen-bond acceptors (Lipinski definition) is 4. The number of amides is 3. The first kappa shape index (κ1) is 23.6. The molecule has 3 aromatic rings. The Labute approximate surface area is 204 Å². The zero-order valence-corrected chi connectivity index (χ0v) is 19.5. The third kappa shape index (κ3) is 6.73. The van der Waals surface area contributed by atoms with Crippen LogP contribution >= 0.6 is 11.6 Å². The van der Waals surface area contributed by atoms with Crippen LogP contribution in [-0.2, 0) is 11.2 Å². The summed E-state index contributed by atoms with van der Waals surface area (Å²) in [6.45, 7) is 3.84. The van der Waals surface area contributed by atoms with Gasteiger partial charge < -0.3 is 26.2 Å². The Kier molecular flexibility index (Phi) is 8.01. The van der Waals surface area contributed by atoms with Gasteiger partial charge in [-0.25, -0.2) is 4.79 Å². The Balaban J connectivity index is 1.42. The minimum Gasteiger partial charge on any atom is -0.369 e. The van der Waals surface area contributed by atoms with Crippen molar-refractivity contribution in [2.24, 2.45) is 0 Å². The van der Waals surface area contributed by atoms with Crippen LogP contribution in [0.25, 0.3) is 0 Å². The molecule has 0 saturated carbocycles. The van der Waals surface area contributed by atoms with Gasteiger partial charge in [-0.15, -0.1) is 0 Å². The number of nitrogens with zero attached hydrogens (tertiary/aromatic N) is 1. The topological polar surface area (TPSA) is 85.5 Å². The van der Waals surface area contributed by atoms with E-state index < -0.39 is 12.1 Å². The van der Waals surface area contributed by atoms with Crippen LogP contribution in [0.15, 0.2) is 78.9 Å². The highest BCUT2D eigenvalue weighted by molar-refractivity contribution is 6.30. The number of urea groups is 1. The zero-order valence-electron chi connectivity index (χ0n) is 18.8. The van der Waals surface area contributed by atoms with E-state index in [1.54, 1.807) is 24.3 Å². The molecule has 3 aromatic carbocycles. The van der Waals surface area contributed by atoms with Crippen LogP contribution in [0.5, 0.6) is 0 Å². The van der Waals surface area contributed by atoms with Crippen molar-refractivity contribution in [1.82, 2.24) is 10.6 Å². The van der Waals surface area contributed by atoms with Crippen LogP contribution in [-0.4, -0.2) is 44.2 Å². The number of halogens is 1. The summed E-state index contributed by atoms with van der Waals surface area (Å²) in [4.78, 5) is 28.1. The van der Waals surface area contributed by atoms with E-state index in [0.717, 1.165) is 37.4 Å². The maximum absolute atomic E-state index is 13.1. The molecule has 4 N–H and O–H groups in total. The second-order valence-electron chi connectivity index (χ2n) is 8.12. The highest BCUT2D eigenvalue weighted by Gasteiger charge is 2.22. The molecule has 7 nitrogen and oxygen atoms in total. The van der Waals surface area contributed by atoms with E-state index in [1.807, 2.05) is 54.6 Å². The summed E-state index contributed by atoms with van der Waals surface area (Å²) in [5, 5.41) is 12.4. The van der Waals surface area contributed by atoms with Crippen molar-refractivity contribution in [2.75, 3.05) is 41.7 Å². The molecular weight excluding hydrogens is 450 g/mol. The number of carbonyl (C=O) groups excluding carboxylic acids is 2. The van der Waals surface area contributed by atoms with Crippen LogP contribution in [0.4, 0.5) is 21.9 Å². The van der Waals surface area contributed by atoms with Crippen LogP contribution in [0.1, 0.15) is 5.56 Å². The van der Waals surface area contributed by atoms with Gasteiger partial charge in [0.1, 0.15) is 6.04 Å². The van der Waals surface area contributed by atoms with Crippen molar-refractivity contribution in [3.63, 3.8) is 0 Å². The summed E-state index contributed by atoms with van der Waals surface area (Å²) in [5.74, 6) is -0.287. The predicted octanol–water partition coefficient (Wildman–Crippen LogP) is 4.12. The monoisotopic (exact) mass is 477 g/mol. The molecule has 0 bridgehead atoms. The van der Waals surface area contributed by atoms with Gasteiger partial charge in [-0.3, -0.25) is 4.79 Å². The molecule has 0 aromatic heterocycles. The SMILES string of the molecule is O=C(Nc1ccc(Cl)cc1)NC(Cc1ccccc1)C(=O)Nc1ccc(N2CCNCC2)cc1. The lowest BCUT2D eigenvalue weighted by Crippen LogP contribution is -2.47. The van der Waals surface area contributed by atoms with Crippen molar-refractivity contribution < 1.29 is 9.59 Å². The van der Waals surface area contributed by atoms with E-state index in [-0.39, 0.29) is 5.91 Å². The summed E-state index contributed by atoms with van der Waals surface area (Å²) in [6.07, 6.45) is 0.361. The summed E-state index contributed by atoms with van der Waals surface area (Å²) >= 11 is 5.91. The standard InChI is InChI=1S/C26H28ClN5O2/c27-20-6-8-22(9-7-20)30-26(34)31-24(18-19-4-2-1-3-5-19)25(33)29-21-10-12-23(13-11-21)32-16-14-28-15-17-32/h1-13,24,28H,14-18H2,(H,29,33)(H2,30,31,34). The fourth-order valence-corrected chi connectivity index (χ4v) is 3.95. The summed E-state index contributed by atoms with van der Waals surface area (Å²) < 4.78 is 0. The van der Waals surface area contributed by atoms with Crippen LogP contribution in [0.3, 0.4) is 0 Å². The predicted molar refractivity (Wildman–Crippen MR) is 138 cm³/mol. The first-order chi connectivity index (χ1) is 16.6. The molecule has 0 radical (unpaired) electrons. The van der Waals surface area contributed by atoms with Gasteiger partial charge in [0.15, 0.2) is 0 Å². The van der Waals surface area contributed by atoms with Crippen LogP contribution in [0.2, 0.25) is 5.02 Å². The van der Waals surface area contributed by atoms with Gasteiger partial charge in [-0.1, -0.05) is 41.9 Å². The molecule has 1 unspecified atom stereocenters. The Morgan fingerprint density at radius 1 is 0.853 bits per heavy atom. The van der Waals surface area contributed by atoms with E-state index in [9.17, 15) is 9.59 Å². The Morgan fingerprint density at radius 2 is 1.47 bits per heavy atom. The second kappa shape index (κ2) is 11.5. The highest BCUT2D eigenvalue weighted by atomic mass is 35.5. The molecule has 4 rings (SSSR count). The molecule has 1 saturated heterocycles. The van der Waals surface area contributed by atoms with E-state index in [4.69, 9.17) is 11.6 Å². The van der Waals surface area contributed by atoms with Gasteiger partial charge >= 0.3 is 6.03 Å². The van der Waals surface area contributed by atoms with E-state index in [1.165, 1.54) is 0 Å². The lowest BCUT2D eigenvalue weighted by Gasteiger charge is -2.29. The molecule has 1 aliphatic heterocycles. The summed E-state index contributed by atoms with van der Waals surface area (Å²) in [7, 11) is 0. The maximum Gasteiger partial charge on any atom is 0.319 e. The number of piperazine rings is 1. The largest absolute Gasteiger partial charge is 0.369 e. The van der Waals surface area contributed by atoms with Gasteiger partial charge in [0.05, 0.1) is 0 Å². The zero-order chi connectivity index (χ0) is 23.8. The molecule has 1 aliphatic rings. The number of benzene rings is 3.